The molecule has 13 heavy (non-hydrogen) atoms. The molecular weight excluding hydrogens is 168 g/mol. The van der Waals surface area contributed by atoms with E-state index in [0.717, 1.165) is 25.7 Å². The van der Waals surface area contributed by atoms with Gasteiger partial charge in [-0.15, -0.1) is 0 Å². The molecule has 4 nitrogen and oxygen atoms in total. The molecule has 4 heteroatoms. The van der Waals surface area contributed by atoms with E-state index in [0.29, 0.717) is 13.0 Å². The third-order valence-corrected chi connectivity index (χ3v) is 2.14. The van der Waals surface area contributed by atoms with Crippen molar-refractivity contribution < 1.29 is 10.2 Å². The minimum absolute atomic E-state index is 0.168. The van der Waals surface area contributed by atoms with Crippen LogP contribution < -0.4 is 11.5 Å². The lowest BCUT2D eigenvalue weighted by atomic mass is 10.0. The maximum Gasteiger partial charge on any atom is 0.0691 e. The molecular formula is C9H22N2O2. The summed E-state index contributed by atoms with van der Waals surface area (Å²) in [6, 6.07) is -0.168. The van der Waals surface area contributed by atoms with Crippen LogP contribution >= 0.6 is 0 Å². The lowest BCUT2D eigenvalue weighted by molar-refractivity contribution is 0.127. The predicted molar refractivity (Wildman–Crippen MR) is 53.2 cm³/mol. The van der Waals surface area contributed by atoms with Crippen molar-refractivity contribution >= 4 is 0 Å². The number of aliphatic hydroxyl groups excluding tert-OH is 2. The quantitative estimate of drug-likeness (QED) is 0.391. The molecule has 80 valence electrons. The Morgan fingerprint density at radius 2 is 1.77 bits per heavy atom. The molecule has 0 aliphatic rings. The van der Waals surface area contributed by atoms with Gasteiger partial charge in [-0.2, -0.15) is 0 Å². The molecule has 0 bridgehead atoms. The SMILES string of the molecule is NCCCC(O)C(N)CCCCO. The zero-order valence-electron chi connectivity index (χ0n) is 8.15. The van der Waals surface area contributed by atoms with Gasteiger partial charge in [0.15, 0.2) is 0 Å². The molecule has 0 fully saturated rings. The Labute approximate surface area is 79.9 Å². The van der Waals surface area contributed by atoms with Gasteiger partial charge in [0, 0.05) is 12.6 Å². The van der Waals surface area contributed by atoms with Crippen LogP contribution in [0.3, 0.4) is 0 Å². The number of unbranched alkanes of at least 4 members (excludes halogenated alkanes) is 1. The summed E-state index contributed by atoms with van der Waals surface area (Å²) >= 11 is 0. The Morgan fingerprint density at radius 3 is 2.31 bits per heavy atom. The first-order valence-corrected chi connectivity index (χ1v) is 4.97. The van der Waals surface area contributed by atoms with Crippen LogP contribution in [0.4, 0.5) is 0 Å². The van der Waals surface area contributed by atoms with E-state index < -0.39 is 6.10 Å². The summed E-state index contributed by atoms with van der Waals surface area (Å²) in [7, 11) is 0. The van der Waals surface area contributed by atoms with Crippen LogP contribution in [0.1, 0.15) is 32.1 Å². The summed E-state index contributed by atoms with van der Waals surface area (Å²) in [6.45, 7) is 0.798. The Morgan fingerprint density at radius 1 is 1.08 bits per heavy atom. The molecule has 0 radical (unpaired) electrons. The molecule has 2 unspecified atom stereocenters. The molecule has 0 saturated carbocycles. The van der Waals surface area contributed by atoms with E-state index in [1.54, 1.807) is 0 Å². The minimum atomic E-state index is -0.442. The summed E-state index contributed by atoms with van der Waals surface area (Å²) in [6.07, 6.45) is 3.45. The third-order valence-electron chi connectivity index (χ3n) is 2.14. The lowest BCUT2D eigenvalue weighted by Crippen LogP contribution is -2.34. The average Bonchev–Trinajstić information content (AvgIpc) is 2.14. The molecule has 0 aromatic rings. The Bertz CT molecular complexity index is 112. The van der Waals surface area contributed by atoms with E-state index in [9.17, 15) is 5.11 Å². The lowest BCUT2D eigenvalue weighted by Gasteiger charge is -2.18. The van der Waals surface area contributed by atoms with Gasteiger partial charge in [-0.3, -0.25) is 0 Å². The Balaban J connectivity index is 3.38. The van der Waals surface area contributed by atoms with Crippen LogP contribution in [0.15, 0.2) is 0 Å². The maximum atomic E-state index is 9.51. The highest BCUT2D eigenvalue weighted by Crippen LogP contribution is 2.06. The van der Waals surface area contributed by atoms with Gasteiger partial charge in [0.05, 0.1) is 6.10 Å². The number of rotatable bonds is 8. The highest BCUT2D eigenvalue weighted by molar-refractivity contribution is 4.71. The zero-order chi connectivity index (χ0) is 10.1. The third kappa shape index (κ3) is 6.95. The number of aliphatic hydroxyl groups is 2. The van der Waals surface area contributed by atoms with E-state index in [4.69, 9.17) is 16.6 Å². The fourth-order valence-electron chi connectivity index (χ4n) is 1.23. The van der Waals surface area contributed by atoms with Gasteiger partial charge >= 0.3 is 0 Å². The van der Waals surface area contributed by atoms with Crippen molar-refractivity contribution in [3.05, 3.63) is 0 Å². The molecule has 0 aromatic heterocycles. The van der Waals surface area contributed by atoms with E-state index in [1.165, 1.54) is 0 Å². The van der Waals surface area contributed by atoms with Gasteiger partial charge in [0.1, 0.15) is 0 Å². The van der Waals surface area contributed by atoms with Crippen molar-refractivity contribution in [3.63, 3.8) is 0 Å². The van der Waals surface area contributed by atoms with Crippen molar-refractivity contribution in [1.29, 1.82) is 0 Å². The maximum absolute atomic E-state index is 9.51. The molecule has 0 aliphatic heterocycles. The highest BCUT2D eigenvalue weighted by Gasteiger charge is 2.12. The van der Waals surface area contributed by atoms with Crippen molar-refractivity contribution in [2.75, 3.05) is 13.2 Å². The van der Waals surface area contributed by atoms with Crippen molar-refractivity contribution in [3.8, 4) is 0 Å². The Hall–Kier alpha value is -0.160. The summed E-state index contributed by atoms with van der Waals surface area (Å²) < 4.78 is 0. The first-order valence-electron chi connectivity index (χ1n) is 4.97. The fraction of sp³-hybridized carbons (Fsp3) is 1.00. The van der Waals surface area contributed by atoms with Crippen LogP contribution in [-0.2, 0) is 0 Å². The molecule has 0 aliphatic carbocycles. The van der Waals surface area contributed by atoms with E-state index in [-0.39, 0.29) is 12.6 Å². The second-order valence-electron chi connectivity index (χ2n) is 3.38. The van der Waals surface area contributed by atoms with Crippen molar-refractivity contribution in [2.45, 2.75) is 44.2 Å². The molecule has 0 heterocycles. The largest absolute Gasteiger partial charge is 0.396 e. The number of hydrogen-bond acceptors (Lipinski definition) is 4. The van der Waals surface area contributed by atoms with Gasteiger partial charge in [-0.05, 0) is 38.6 Å². The molecule has 0 aromatic carbocycles. The van der Waals surface area contributed by atoms with E-state index >= 15 is 0 Å². The van der Waals surface area contributed by atoms with Crippen LogP contribution in [0.5, 0.6) is 0 Å². The molecule has 0 amide bonds. The van der Waals surface area contributed by atoms with Crippen LogP contribution in [0.25, 0.3) is 0 Å². The average molecular weight is 190 g/mol. The van der Waals surface area contributed by atoms with Crippen molar-refractivity contribution in [1.82, 2.24) is 0 Å². The summed E-state index contributed by atoms with van der Waals surface area (Å²) in [5.41, 5.74) is 11.0. The van der Waals surface area contributed by atoms with Gasteiger partial charge in [0.2, 0.25) is 0 Å². The standard InChI is InChI=1S/C9H22N2O2/c10-6-3-5-9(13)8(11)4-1-2-7-12/h8-9,12-13H,1-7,10-11H2. The van der Waals surface area contributed by atoms with Crippen LogP contribution in [0.2, 0.25) is 0 Å². The zero-order valence-corrected chi connectivity index (χ0v) is 8.15. The monoisotopic (exact) mass is 190 g/mol. The second-order valence-corrected chi connectivity index (χ2v) is 3.38. The fourth-order valence-corrected chi connectivity index (χ4v) is 1.23. The molecule has 0 spiro atoms. The van der Waals surface area contributed by atoms with E-state index in [2.05, 4.69) is 0 Å². The van der Waals surface area contributed by atoms with Gasteiger partial charge < -0.3 is 21.7 Å². The van der Waals surface area contributed by atoms with Gasteiger partial charge in [-0.25, -0.2) is 0 Å². The number of nitrogens with two attached hydrogens (primary N) is 2. The van der Waals surface area contributed by atoms with Gasteiger partial charge in [0.25, 0.3) is 0 Å². The molecule has 6 N–H and O–H groups in total. The number of hydrogen-bond donors (Lipinski definition) is 4. The van der Waals surface area contributed by atoms with Crippen LogP contribution in [0, 0.1) is 0 Å². The van der Waals surface area contributed by atoms with E-state index in [1.807, 2.05) is 0 Å². The highest BCUT2D eigenvalue weighted by atomic mass is 16.3. The topological polar surface area (TPSA) is 92.5 Å². The smallest absolute Gasteiger partial charge is 0.0691 e. The molecule has 2 atom stereocenters. The molecule has 0 saturated heterocycles. The Kier molecular flexibility index (Phi) is 8.33. The first-order chi connectivity index (χ1) is 6.22. The summed E-state index contributed by atoms with van der Waals surface area (Å²) in [5.74, 6) is 0. The normalized spacial score (nSPS) is 15.7. The predicted octanol–water partition coefficient (Wildman–Crippen LogP) is -0.424. The first kappa shape index (κ1) is 12.8. The van der Waals surface area contributed by atoms with Crippen LogP contribution in [-0.4, -0.2) is 35.5 Å². The minimum Gasteiger partial charge on any atom is -0.396 e. The van der Waals surface area contributed by atoms with Gasteiger partial charge in [-0.1, -0.05) is 0 Å². The van der Waals surface area contributed by atoms with Crippen molar-refractivity contribution in [2.24, 2.45) is 11.5 Å². The second kappa shape index (κ2) is 8.44. The summed E-state index contributed by atoms with van der Waals surface area (Å²) in [4.78, 5) is 0. The molecule has 0 rings (SSSR count). The summed E-state index contributed by atoms with van der Waals surface area (Å²) in [5, 5.41) is 18.0.